The summed E-state index contributed by atoms with van der Waals surface area (Å²) in [5.74, 6) is 3.50. The Morgan fingerprint density at radius 3 is 2.76 bits per heavy atom. The second-order valence-electron chi connectivity index (χ2n) is 9.45. The number of aromatic nitrogens is 3. The lowest BCUT2D eigenvalue weighted by Crippen LogP contribution is -2.41. The molecule has 0 aliphatic carbocycles. The Labute approximate surface area is 220 Å². The van der Waals surface area contributed by atoms with Crippen molar-refractivity contribution in [2.75, 3.05) is 44.8 Å². The number of pyridine rings is 1. The number of aromatic amines is 1. The smallest absolute Gasteiger partial charge is 0.239 e. The van der Waals surface area contributed by atoms with Crippen molar-refractivity contribution in [1.29, 1.82) is 0 Å². The first-order chi connectivity index (χ1) is 18.7. The molecular weight excluding hydrogens is 482 g/mol. The quantitative estimate of drug-likeness (QED) is 0.382. The van der Waals surface area contributed by atoms with Crippen LogP contribution in [0.15, 0.2) is 73.1 Å². The van der Waals surface area contributed by atoms with Crippen LogP contribution in [0.25, 0.3) is 11.3 Å². The summed E-state index contributed by atoms with van der Waals surface area (Å²) in [6.07, 6.45) is 4.28. The van der Waals surface area contributed by atoms with Gasteiger partial charge in [-0.1, -0.05) is 30.3 Å². The van der Waals surface area contributed by atoms with Crippen LogP contribution in [-0.4, -0.2) is 65.2 Å². The van der Waals surface area contributed by atoms with Crippen molar-refractivity contribution >= 4 is 11.7 Å². The van der Waals surface area contributed by atoms with Gasteiger partial charge in [-0.15, -0.1) is 0 Å². The van der Waals surface area contributed by atoms with Gasteiger partial charge in [0.1, 0.15) is 28.9 Å². The SMILES string of the molecule is O=C(CN1CCOCC1)Nc1cc(Oc2ccc3c(c2)CC(c2ncc(-c4ccccc4)[nH]2)CO3)ccn1. The molecule has 2 aliphatic heterocycles. The van der Waals surface area contributed by atoms with Crippen LogP contribution in [0.3, 0.4) is 0 Å². The molecule has 9 heteroatoms. The average molecular weight is 512 g/mol. The minimum atomic E-state index is -0.109. The Balaban J connectivity index is 1.10. The van der Waals surface area contributed by atoms with E-state index < -0.39 is 0 Å². The van der Waals surface area contributed by atoms with Crippen LogP contribution in [0.5, 0.6) is 17.2 Å². The summed E-state index contributed by atoms with van der Waals surface area (Å²) in [6.45, 7) is 3.68. The van der Waals surface area contributed by atoms with E-state index in [1.807, 2.05) is 42.6 Å². The van der Waals surface area contributed by atoms with Gasteiger partial charge in [-0.05, 0) is 41.8 Å². The highest BCUT2D eigenvalue weighted by Gasteiger charge is 2.24. The molecule has 1 saturated heterocycles. The molecule has 0 spiro atoms. The summed E-state index contributed by atoms with van der Waals surface area (Å²) in [6, 6.07) is 19.5. The lowest BCUT2D eigenvalue weighted by molar-refractivity contribution is -0.118. The highest BCUT2D eigenvalue weighted by molar-refractivity contribution is 5.91. The lowest BCUT2D eigenvalue weighted by Gasteiger charge is -2.25. The summed E-state index contributed by atoms with van der Waals surface area (Å²) in [5.41, 5.74) is 3.16. The van der Waals surface area contributed by atoms with Crippen LogP contribution in [0.4, 0.5) is 5.82 Å². The van der Waals surface area contributed by atoms with Crippen LogP contribution in [0.1, 0.15) is 17.3 Å². The number of H-pyrrole nitrogens is 1. The number of nitrogens with zero attached hydrogens (tertiary/aromatic N) is 3. The normalized spacial score (nSPS) is 17.3. The van der Waals surface area contributed by atoms with E-state index in [4.69, 9.17) is 14.2 Å². The molecule has 194 valence electrons. The van der Waals surface area contributed by atoms with Gasteiger partial charge in [-0.25, -0.2) is 9.97 Å². The average Bonchev–Trinajstić information content (AvgIpc) is 3.44. The predicted molar refractivity (Wildman–Crippen MR) is 143 cm³/mol. The van der Waals surface area contributed by atoms with Crippen LogP contribution < -0.4 is 14.8 Å². The number of hydrogen-bond acceptors (Lipinski definition) is 7. The molecule has 6 rings (SSSR count). The summed E-state index contributed by atoms with van der Waals surface area (Å²) in [5, 5.41) is 2.86. The molecule has 0 saturated carbocycles. The van der Waals surface area contributed by atoms with Gasteiger partial charge in [0.15, 0.2) is 0 Å². The van der Waals surface area contributed by atoms with Gasteiger partial charge in [0.2, 0.25) is 5.91 Å². The zero-order chi connectivity index (χ0) is 25.7. The number of imidazole rings is 1. The van der Waals surface area contributed by atoms with Gasteiger partial charge in [0.25, 0.3) is 0 Å². The number of amides is 1. The molecule has 2 aromatic heterocycles. The van der Waals surface area contributed by atoms with Gasteiger partial charge in [-0.2, -0.15) is 0 Å². The summed E-state index contributed by atoms with van der Waals surface area (Å²) >= 11 is 0. The van der Waals surface area contributed by atoms with E-state index in [2.05, 4.69) is 37.3 Å². The number of carbonyl (C=O) groups is 1. The molecule has 0 radical (unpaired) electrons. The van der Waals surface area contributed by atoms with Crippen molar-refractivity contribution in [2.45, 2.75) is 12.3 Å². The molecular formula is C29H29N5O4. The zero-order valence-electron chi connectivity index (χ0n) is 20.9. The van der Waals surface area contributed by atoms with Crippen molar-refractivity contribution < 1.29 is 19.0 Å². The van der Waals surface area contributed by atoms with Crippen molar-refractivity contribution in [1.82, 2.24) is 19.9 Å². The van der Waals surface area contributed by atoms with Gasteiger partial charge >= 0.3 is 0 Å². The second-order valence-corrected chi connectivity index (χ2v) is 9.45. The predicted octanol–water partition coefficient (Wildman–Crippen LogP) is 4.25. The number of morpholine rings is 1. The number of hydrogen-bond donors (Lipinski definition) is 2. The molecule has 1 fully saturated rings. The van der Waals surface area contributed by atoms with Crippen LogP contribution >= 0.6 is 0 Å². The summed E-state index contributed by atoms with van der Waals surface area (Å²) in [4.78, 5) is 26.9. The standard InChI is InChI=1S/C29H29N5O4/c35-28(18-34-10-12-36-13-11-34)33-27-16-24(8-9-30-27)38-23-6-7-26-21(15-23)14-22(19-37-26)29-31-17-25(32-29)20-4-2-1-3-5-20/h1-9,15-17,22H,10-14,18-19H2,(H,31,32)(H,30,33,35). The molecule has 0 bridgehead atoms. The molecule has 2 N–H and O–H groups in total. The second kappa shape index (κ2) is 11.0. The highest BCUT2D eigenvalue weighted by Crippen LogP contribution is 2.35. The van der Waals surface area contributed by atoms with Gasteiger partial charge < -0.3 is 24.5 Å². The molecule has 4 heterocycles. The van der Waals surface area contributed by atoms with Gasteiger partial charge in [-0.3, -0.25) is 9.69 Å². The first kappa shape index (κ1) is 24.1. The monoisotopic (exact) mass is 511 g/mol. The Bertz CT molecular complexity index is 1400. The number of nitrogens with one attached hydrogen (secondary N) is 2. The number of benzene rings is 2. The number of anilines is 1. The Kier molecular flexibility index (Phi) is 7.01. The number of fused-ring (bicyclic) bond motifs is 1. The number of rotatable bonds is 7. The largest absolute Gasteiger partial charge is 0.493 e. The minimum Gasteiger partial charge on any atom is -0.493 e. The van der Waals surface area contributed by atoms with E-state index in [0.717, 1.165) is 47.9 Å². The lowest BCUT2D eigenvalue weighted by atomic mass is 9.96. The summed E-state index contributed by atoms with van der Waals surface area (Å²) in [7, 11) is 0. The fraction of sp³-hybridized carbons (Fsp3) is 0.276. The molecule has 38 heavy (non-hydrogen) atoms. The third-order valence-electron chi connectivity index (χ3n) is 6.71. The zero-order valence-corrected chi connectivity index (χ0v) is 20.9. The number of ether oxygens (including phenoxy) is 3. The van der Waals surface area contributed by atoms with Gasteiger partial charge in [0, 0.05) is 25.4 Å². The maximum atomic E-state index is 12.4. The van der Waals surface area contributed by atoms with E-state index in [1.165, 1.54) is 0 Å². The first-order valence-corrected chi connectivity index (χ1v) is 12.8. The maximum Gasteiger partial charge on any atom is 0.239 e. The topological polar surface area (TPSA) is 102 Å². The molecule has 1 atom stereocenters. The van der Waals surface area contributed by atoms with Crippen molar-refractivity contribution in [3.8, 4) is 28.5 Å². The van der Waals surface area contributed by atoms with E-state index in [-0.39, 0.29) is 11.8 Å². The molecule has 9 nitrogen and oxygen atoms in total. The van der Waals surface area contributed by atoms with Crippen molar-refractivity contribution in [3.63, 3.8) is 0 Å². The fourth-order valence-corrected chi connectivity index (χ4v) is 4.74. The third-order valence-corrected chi connectivity index (χ3v) is 6.71. The van der Waals surface area contributed by atoms with E-state index in [1.54, 1.807) is 18.3 Å². The van der Waals surface area contributed by atoms with E-state index >= 15 is 0 Å². The van der Waals surface area contributed by atoms with Crippen molar-refractivity contribution in [3.05, 3.63) is 84.4 Å². The molecule has 2 aliphatic rings. The maximum absolute atomic E-state index is 12.4. The molecule has 4 aromatic rings. The van der Waals surface area contributed by atoms with Gasteiger partial charge in [0.05, 0.1) is 44.2 Å². The van der Waals surface area contributed by atoms with Crippen LogP contribution in [0.2, 0.25) is 0 Å². The van der Waals surface area contributed by atoms with Crippen LogP contribution in [-0.2, 0) is 16.0 Å². The van der Waals surface area contributed by atoms with Crippen molar-refractivity contribution in [2.24, 2.45) is 0 Å². The molecule has 1 unspecified atom stereocenters. The summed E-state index contributed by atoms with van der Waals surface area (Å²) < 4.78 is 17.5. The number of carbonyl (C=O) groups excluding carboxylic acids is 1. The molecule has 2 aromatic carbocycles. The highest BCUT2D eigenvalue weighted by atomic mass is 16.5. The van der Waals surface area contributed by atoms with Crippen LogP contribution in [0, 0.1) is 0 Å². The first-order valence-electron chi connectivity index (χ1n) is 12.8. The Hall–Kier alpha value is -4.21. The van der Waals surface area contributed by atoms with E-state index in [9.17, 15) is 4.79 Å². The Morgan fingerprint density at radius 1 is 1.05 bits per heavy atom. The minimum absolute atomic E-state index is 0.109. The van der Waals surface area contributed by atoms with E-state index in [0.29, 0.717) is 43.7 Å². The Morgan fingerprint density at radius 2 is 1.89 bits per heavy atom. The third kappa shape index (κ3) is 5.69. The fourth-order valence-electron chi connectivity index (χ4n) is 4.74. The molecule has 1 amide bonds.